The van der Waals surface area contributed by atoms with Crippen LogP contribution in [-0.4, -0.2) is 43.1 Å². The molecule has 0 atom stereocenters. The highest BCUT2D eigenvalue weighted by molar-refractivity contribution is 6.32. The molecule has 36 heavy (non-hydrogen) atoms. The zero-order valence-corrected chi connectivity index (χ0v) is 21.7. The number of rotatable bonds is 5. The number of halogens is 1. The number of carbonyl (C=O) groups excluding carboxylic acids is 4. The molecule has 0 bridgehead atoms. The van der Waals surface area contributed by atoms with Crippen molar-refractivity contribution in [1.82, 2.24) is 10.6 Å². The third-order valence-electron chi connectivity index (χ3n) is 6.44. The van der Waals surface area contributed by atoms with Gasteiger partial charge in [-0.1, -0.05) is 62.7 Å². The normalized spacial score (nSPS) is 16.8. The second-order valence-electron chi connectivity index (χ2n) is 9.25. The lowest BCUT2D eigenvalue weighted by Crippen LogP contribution is -2.62. The summed E-state index contributed by atoms with van der Waals surface area (Å²) >= 11 is 6.11. The molecule has 2 aliphatic rings. The maximum Gasteiger partial charge on any atom is 0.328 e. The predicted molar refractivity (Wildman–Crippen MR) is 140 cm³/mol. The molecule has 5 amide bonds. The van der Waals surface area contributed by atoms with Gasteiger partial charge in [-0.15, -0.1) is 0 Å². The van der Waals surface area contributed by atoms with E-state index in [-0.39, 0.29) is 12.5 Å². The smallest absolute Gasteiger partial charge is 0.313 e. The maximum absolute atomic E-state index is 12.0. The molecule has 4 rings (SSSR count). The number of aliphatic imine (C=N–C) groups is 1. The Bertz CT molecular complexity index is 1170. The summed E-state index contributed by atoms with van der Waals surface area (Å²) in [7, 11) is 1.76. The summed E-state index contributed by atoms with van der Waals surface area (Å²) < 4.78 is 0. The summed E-state index contributed by atoms with van der Waals surface area (Å²) in [5, 5.41) is 4.97. The Morgan fingerprint density at radius 2 is 1.67 bits per heavy atom. The van der Waals surface area contributed by atoms with Crippen molar-refractivity contribution in [3.05, 3.63) is 64.7 Å². The Labute approximate surface area is 216 Å². The van der Waals surface area contributed by atoms with Crippen molar-refractivity contribution in [3.63, 3.8) is 0 Å². The highest BCUT2D eigenvalue weighted by atomic mass is 35.5. The number of barbiturate groups is 1. The summed E-state index contributed by atoms with van der Waals surface area (Å²) in [5.74, 6) is -0.546. The van der Waals surface area contributed by atoms with E-state index < -0.39 is 23.3 Å². The van der Waals surface area contributed by atoms with Crippen LogP contribution in [0.15, 0.2) is 53.5 Å². The fourth-order valence-electron chi connectivity index (χ4n) is 4.15. The molecule has 8 nitrogen and oxygen atoms in total. The number of hydrogen-bond acceptors (Lipinski definition) is 5. The van der Waals surface area contributed by atoms with E-state index in [1.54, 1.807) is 24.9 Å². The largest absolute Gasteiger partial charge is 0.328 e. The van der Waals surface area contributed by atoms with Crippen LogP contribution in [-0.2, 0) is 14.4 Å². The lowest BCUT2D eigenvalue weighted by Gasteiger charge is -2.33. The molecule has 1 fully saturated rings. The molecular formula is C27H31ClN4O4. The predicted octanol–water partition coefficient (Wildman–Crippen LogP) is 4.34. The number of nitrogens with one attached hydrogen (secondary N) is 2. The minimum Gasteiger partial charge on any atom is -0.313 e. The van der Waals surface area contributed by atoms with Gasteiger partial charge in [-0.05, 0) is 43.4 Å². The van der Waals surface area contributed by atoms with Gasteiger partial charge in [0.05, 0.1) is 11.4 Å². The third-order valence-corrected chi connectivity index (χ3v) is 6.68. The first-order valence-electron chi connectivity index (χ1n) is 11.9. The molecule has 1 saturated heterocycles. The van der Waals surface area contributed by atoms with Gasteiger partial charge in [0, 0.05) is 23.2 Å². The number of anilines is 1. The van der Waals surface area contributed by atoms with Gasteiger partial charge in [0.25, 0.3) is 0 Å². The molecule has 2 aromatic rings. The number of carbonyl (C=O) groups is 4. The number of nitrogens with zero attached hydrogens (tertiary/aromatic N) is 2. The lowest BCUT2D eigenvalue weighted by atomic mass is 9.76. The van der Waals surface area contributed by atoms with Gasteiger partial charge >= 0.3 is 6.03 Å². The second-order valence-corrected chi connectivity index (χ2v) is 9.69. The van der Waals surface area contributed by atoms with Crippen molar-refractivity contribution in [1.29, 1.82) is 0 Å². The van der Waals surface area contributed by atoms with Crippen LogP contribution in [0.5, 0.6) is 0 Å². The van der Waals surface area contributed by atoms with Crippen LogP contribution in [0, 0.1) is 11.3 Å². The number of benzene rings is 2. The highest BCUT2D eigenvalue weighted by Crippen LogP contribution is 2.32. The zero-order chi connectivity index (χ0) is 26.5. The molecular weight excluding hydrogens is 480 g/mol. The van der Waals surface area contributed by atoms with Crippen molar-refractivity contribution in [2.45, 2.75) is 40.0 Å². The van der Waals surface area contributed by atoms with Crippen LogP contribution in [0.25, 0.3) is 0 Å². The minimum absolute atomic E-state index is 0.0282. The monoisotopic (exact) mass is 510 g/mol. The van der Waals surface area contributed by atoms with Crippen LogP contribution in [0.4, 0.5) is 10.5 Å². The van der Waals surface area contributed by atoms with Gasteiger partial charge in [0.15, 0.2) is 0 Å². The van der Waals surface area contributed by atoms with Crippen molar-refractivity contribution < 1.29 is 19.2 Å². The van der Waals surface area contributed by atoms with Crippen LogP contribution in [0.1, 0.15) is 51.2 Å². The van der Waals surface area contributed by atoms with E-state index in [0.29, 0.717) is 23.8 Å². The molecule has 2 aliphatic heterocycles. The van der Waals surface area contributed by atoms with Gasteiger partial charge in [-0.25, -0.2) is 4.79 Å². The average Bonchev–Trinajstić information content (AvgIpc) is 2.96. The Morgan fingerprint density at radius 1 is 1.03 bits per heavy atom. The average molecular weight is 511 g/mol. The lowest BCUT2D eigenvalue weighted by molar-refractivity contribution is -0.145. The maximum atomic E-state index is 12.0. The molecule has 0 aromatic heterocycles. The Hall–Kier alpha value is -3.52. The van der Waals surface area contributed by atoms with Gasteiger partial charge in [-0.2, -0.15) is 0 Å². The van der Waals surface area contributed by atoms with E-state index >= 15 is 0 Å². The topological polar surface area (TPSA) is 108 Å². The van der Waals surface area contributed by atoms with E-state index in [1.165, 1.54) is 0 Å². The van der Waals surface area contributed by atoms with E-state index in [2.05, 4.69) is 15.6 Å². The van der Waals surface area contributed by atoms with Gasteiger partial charge in [0.1, 0.15) is 12.0 Å². The number of hydrogen-bond donors (Lipinski definition) is 2. The molecule has 0 unspecified atom stereocenters. The van der Waals surface area contributed by atoms with E-state index in [9.17, 15) is 19.2 Å². The molecule has 2 N–H and O–H groups in total. The first-order valence-corrected chi connectivity index (χ1v) is 12.3. The van der Waals surface area contributed by atoms with Crippen molar-refractivity contribution in [2.24, 2.45) is 16.3 Å². The summed E-state index contributed by atoms with van der Waals surface area (Å²) in [5.41, 5.74) is 2.44. The first kappa shape index (κ1) is 27.1. The second kappa shape index (κ2) is 11.5. The molecule has 0 spiro atoms. The number of imide groups is 2. The summed E-state index contributed by atoms with van der Waals surface area (Å²) in [6.07, 6.45) is 1.67. The zero-order valence-electron chi connectivity index (χ0n) is 20.9. The number of urea groups is 1. The fraction of sp³-hybridized carbons (Fsp3) is 0.370. The highest BCUT2D eigenvalue weighted by Gasteiger charge is 2.48. The molecule has 0 radical (unpaired) electrons. The van der Waals surface area contributed by atoms with Crippen LogP contribution in [0.3, 0.4) is 0 Å². The van der Waals surface area contributed by atoms with Crippen molar-refractivity contribution in [3.8, 4) is 0 Å². The fourth-order valence-corrected chi connectivity index (χ4v) is 4.32. The molecule has 0 saturated carbocycles. The number of benzodiazepines with no additional fused rings is 1. The summed E-state index contributed by atoms with van der Waals surface area (Å²) in [6.45, 7) is 6.00. The Balaban J connectivity index is 0.000000207. The third kappa shape index (κ3) is 5.82. The quantitative estimate of drug-likeness (QED) is 0.583. The molecule has 2 heterocycles. The molecule has 190 valence electrons. The summed E-state index contributed by atoms with van der Waals surface area (Å²) in [6, 6.07) is 14.6. The minimum atomic E-state index is -1.07. The standard InChI is InChI=1S/C16H13ClN2O.C11H18N2O3/c1-19-14-8-7-12(17)9-13(14)16(18-10-15(19)20)11-5-3-2-4-6-11;1-4-11(6-5-7(2)3)8(14)12-10(16)13-9(11)15/h2-9H,10H2,1H3;7H,4-6H2,1-3H3,(H2,12,13,14,15,16). The summed E-state index contributed by atoms with van der Waals surface area (Å²) in [4.78, 5) is 52.7. The van der Waals surface area contributed by atoms with E-state index in [4.69, 9.17) is 11.6 Å². The van der Waals surface area contributed by atoms with Crippen molar-refractivity contribution in [2.75, 3.05) is 18.5 Å². The van der Waals surface area contributed by atoms with Crippen LogP contribution >= 0.6 is 11.6 Å². The van der Waals surface area contributed by atoms with Gasteiger partial charge in [0.2, 0.25) is 17.7 Å². The molecule has 9 heteroatoms. The van der Waals surface area contributed by atoms with Gasteiger partial charge < -0.3 is 4.90 Å². The Kier molecular flexibility index (Phi) is 8.63. The van der Waals surface area contributed by atoms with E-state index in [0.717, 1.165) is 28.9 Å². The number of fused-ring (bicyclic) bond motifs is 1. The van der Waals surface area contributed by atoms with Crippen LogP contribution < -0.4 is 15.5 Å². The van der Waals surface area contributed by atoms with E-state index in [1.807, 2.05) is 56.3 Å². The van der Waals surface area contributed by atoms with Gasteiger partial charge in [-0.3, -0.25) is 30.0 Å². The van der Waals surface area contributed by atoms with Crippen LogP contribution in [0.2, 0.25) is 5.02 Å². The molecule has 2 aromatic carbocycles. The number of likely N-dealkylation sites (N-methyl/N-ethyl adjacent to an activating group) is 1. The first-order chi connectivity index (χ1) is 17.1. The number of amides is 5. The molecule has 0 aliphatic carbocycles. The van der Waals surface area contributed by atoms with Crippen molar-refractivity contribution >= 4 is 46.8 Å². The SMILES string of the molecule is CCC1(CCC(C)C)C(=O)NC(=O)NC1=O.CN1C(=O)CN=C(c2ccccc2)c2cc(Cl)ccc21. The Morgan fingerprint density at radius 3 is 2.25 bits per heavy atom.